The minimum absolute atomic E-state index is 0.0213. The Balaban J connectivity index is 1.94. The number of carbonyl (C=O) groups excluding carboxylic acids is 1. The number of carbonyl (C=O) groups is 1. The van der Waals surface area contributed by atoms with Gasteiger partial charge in [0.05, 0.1) is 5.52 Å². The molecular formula is C11H11BrN4O2. The molecule has 2 N–H and O–H groups in total. The predicted molar refractivity (Wildman–Crippen MR) is 69.2 cm³/mol. The number of halogens is 1. The molecule has 7 heteroatoms. The Hall–Kier alpha value is -1.63. The van der Waals surface area contributed by atoms with Gasteiger partial charge in [-0.2, -0.15) is 0 Å². The van der Waals surface area contributed by atoms with Gasteiger partial charge in [0.15, 0.2) is 5.65 Å². The van der Waals surface area contributed by atoms with E-state index in [1.54, 1.807) is 12.3 Å². The summed E-state index contributed by atoms with van der Waals surface area (Å²) in [5.41, 5.74) is 0.796. The van der Waals surface area contributed by atoms with Crippen molar-refractivity contribution < 1.29 is 4.79 Å². The molecule has 0 bridgehead atoms. The molecule has 1 amide bonds. The number of nitrogens with zero attached hydrogens (tertiary/aromatic N) is 2. The first kappa shape index (κ1) is 11.5. The summed E-state index contributed by atoms with van der Waals surface area (Å²) in [4.78, 5) is 30.2. The summed E-state index contributed by atoms with van der Waals surface area (Å²) < 4.78 is 2.16. The lowest BCUT2D eigenvalue weighted by Gasteiger charge is -2.04. The second-order valence-electron chi connectivity index (χ2n) is 4.38. The second-order valence-corrected chi connectivity index (χ2v) is 5.30. The van der Waals surface area contributed by atoms with Crippen LogP contribution in [-0.2, 0) is 11.3 Å². The van der Waals surface area contributed by atoms with Crippen molar-refractivity contribution in [2.75, 3.05) is 0 Å². The molecule has 0 unspecified atom stereocenters. The molecule has 3 rings (SSSR count). The lowest BCUT2D eigenvalue weighted by atomic mass is 10.4. The third kappa shape index (κ3) is 2.17. The van der Waals surface area contributed by atoms with Gasteiger partial charge in [0.1, 0.15) is 6.54 Å². The second kappa shape index (κ2) is 4.24. The number of hydrogen-bond acceptors (Lipinski definition) is 3. The van der Waals surface area contributed by atoms with E-state index < -0.39 is 0 Å². The zero-order chi connectivity index (χ0) is 12.7. The molecule has 2 aromatic heterocycles. The summed E-state index contributed by atoms with van der Waals surface area (Å²) >= 11 is 3.30. The maximum Gasteiger partial charge on any atom is 0.328 e. The van der Waals surface area contributed by atoms with Gasteiger partial charge in [0.25, 0.3) is 0 Å². The molecule has 2 heterocycles. The zero-order valence-electron chi connectivity index (χ0n) is 9.44. The SMILES string of the molecule is O=C(Cn1c(=O)[nH]c2ncc(Br)cc21)NC1CC1. The van der Waals surface area contributed by atoms with Gasteiger partial charge in [0, 0.05) is 16.7 Å². The van der Waals surface area contributed by atoms with Crippen LogP contribution < -0.4 is 11.0 Å². The average Bonchev–Trinajstić information content (AvgIpc) is 3.07. The summed E-state index contributed by atoms with van der Waals surface area (Å²) in [7, 11) is 0. The van der Waals surface area contributed by atoms with Crippen molar-refractivity contribution in [2.24, 2.45) is 0 Å². The van der Waals surface area contributed by atoms with Crippen LogP contribution in [0.25, 0.3) is 11.2 Å². The summed E-state index contributed by atoms with van der Waals surface area (Å²) in [5, 5.41) is 2.85. The van der Waals surface area contributed by atoms with Crippen molar-refractivity contribution in [1.29, 1.82) is 0 Å². The lowest BCUT2D eigenvalue weighted by Crippen LogP contribution is -2.32. The molecular weight excluding hydrogens is 300 g/mol. The van der Waals surface area contributed by atoms with Gasteiger partial charge in [-0.25, -0.2) is 9.78 Å². The van der Waals surface area contributed by atoms with Crippen molar-refractivity contribution in [3.05, 3.63) is 27.2 Å². The molecule has 18 heavy (non-hydrogen) atoms. The van der Waals surface area contributed by atoms with Crippen LogP contribution in [0.15, 0.2) is 21.5 Å². The normalized spacial score (nSPS) is 14.9. The summed E-state index contributed by atoms with van der Waals surface area (Å²) in [6, 6.07) is 2.06. The van der Waals surface area contributed by atoms with E-state index in [-0.39, 0.29) is 18.1 Å². The fourth-order valence-electron chi connectivity index (χ4n) is 1.81. The topological polar surface area (TPSA) is 79.8 Å². The van der Waals surface area contributed by atoms with Crippen LogP contribution in [-0.4, -0.2) is 26.5 Å². The number of aromatic amines is 1. The molecule has 0 radical (unpaired) electrons. The molecule has 0 aromatic carbocycles. The molecule has 1 fully saturated rings. The number of hydrogen-bond donors (Lipinski definition) is 2. The van der Waals surface area contributed by atoms with Crippen LogP contribution >= 0.6 is 15.9 Å². The van der Waals surface area contributed by atoms with Gasteiger partial charge < -0.3 is 5.32 Å². The molecule has 6 nitrogen and oxygen atoms in total. The highest BCUT2D eigenvalue weighted by atomic mass is 79.9. The minimum Gasteiger partial charge on any atom is -0.352 e. The van der Waals surface area contributed by atoms with E-state index in [4.69, 9.17) is 0 Å². The number of imidazole rings is 1. The molecule has 1 aliphatic carbocycles. The number of rotatable bonds is 3. The molecule has 1 aliphatic rings. The number of nitrogens with one attached hydrogen (secondary N) is 2. The van der Waals surface area contributed by atoms with Crippen molar-refractivity contribution in [2.45, 2.75) is 25.4 Å². The van der Waals surface area contributed by atoms with E-state index in [0.29, 0.717) is 17.2 Å². The zero-order valence-corrected chi connectivity index (χ0v) is 11.0. The Labute approximate surface area is 111 Å². The Morgan fingerprint density at radius 1 is 1.61 bits per heavy atom. The lowest BCUT2D eigenvalue weighted by molar-refractivity contribution is -0.121. The van der Waals surface area contributed by atoms with Gasteiger partial charge in [-0.1, -0.05) is 0 Å². The number of pyridine rings is 1. The molecule has 0 atom stereocenters. The number of aromatic nitrogens is 3. The molecule has 94 valence electrons. The van der Waals surface area contributed by atoms with Gasteiger partial charge >= 0.3 is 5.69 Å². The molecule has 0 aliphatic heterocycles. The van der Waals surface area contributed by atoms with Crippen LogP contribution in [0.1, 0.15) is 12.8 Å². The highest BCUT2D eigenvalue weighted by Gasteiger charge is 2.23. The van der Waals surface area contributed by atoms with Crippen LogP contribution in [0.4, 0.5) is 0 Å². The third-order valence-corrected chi connectivity index (χ3v) is 3.27. The van der Waals surface area contributed by atoms with Crippen LogP contribution in [0.2, 0.25) is 0 Å². The minimum atomic E-state index is -0.318. The van der Waals surface area contributed by atoms with E-state index in [1.165, 1.54) is 4.57 Å². The van der Waals surface area contributed by atoms with E-state index in [2.05, 4.69) is 31.2 Å². The van der Waals surface area contributed by atoms with E-state index in [1.807, 2.05) is 0 Å². The Bertz CT molecular complexity index is 671. The maximum atomic E-state index is 11.8. The highest BCUT2D eigenvalue weighted by molar-refractivity contribution is 9.10. The maximum absolute atomic E-state index is 11.8. The van der Waals surface area contributed by atoms with Crippen LogP contribution in [0.5, 0.6) is 0 Å². The van der Waals surface area contributed by atoms with Gasteiger partial charge in [-0.3, -0.25) is 14.3 Å². The van der Waals surface area contributed by atoms with E-state index in [9.17, 15) is 9.59 Å². The summed E-state index contributed by atoms with van der Waals surface area (Å²) in [5.74, 6) is -0.138. The molecule has 0 saturated heterocycles. The number of H-pyrrole nitrogens is 1. The van der Waals surface area contributed by atoms with Gasteiger partial charge in [-0.05, 0) is 34.8 Å². The first-order chi connectivity index (χ1) is 8.63. The monoisotopic (exact) mass is 310 g/mol. The Morgan fingerprint density at radius 2 is 2.39 bits per heavy atom. The fourth-order valence-corrected chi connectivity index (χ4v) is 2.13. The summed E-state index contributed by atoms with van der Waals surface area (Å²) in [6.45, 7) is 0.0213. The van der Waals surface area contributed by atoms with Crippen molar-refractivity contribution in [1.82, 2.24) is 19.9 Å². The Kier molecular flexibility index (Phi) is 2.70. The number of amides is 1. The quantitative estimate of drug-likeness (QED) is 0.878. The number of fused-ring (bicyclic) bond motifs is 1. The van der Waals surface area contributed by atoms with E-state index in [0.717, 1.165) is 17.3 Å². The largest absolute Gasteiger partial charge is 0.352 e. The highest BCUT2D eigenvalue weighted by Crippen LogP contribution is 2.19. The van der Waals surface area contributed by atoms with E-state index >= 15 is 0 Å². The predicted octanol–water partition coefficient (Wildman–Crippen LogP) is 0.766. The van der Waals surface area contributed by atoms with Crippen molar-refractivity contribution in [3.63, 3.8) is 0 Å². The Morgan fingerprint density at radius 3 is 3.11 bits per heavy atom. The smallest absolute Gasteiger partial charge is 0.328 e. The van der Waals surface area contributed by atoms with Crippen molar-refractivity contribution >= 4 is 33.0 Å². The molecule has 2 aromatic rings. The first-order valence-electron chi connectivity index (χ1n) is 5.67. The third-order valence-electron chi connectivity index (χ3n) is 2.84. The first-order valence-corrected chi connectivity index (χ1v) is 6.46. The average molecular weight is 311 g/mol. The van der Waals surface area contributed by atoms with Crippen LogP contribution in [0, 0.1) is 0 Å². The van der Waals surface area contributed by atoms with Gasteiger partial charge in [-0.15, -0.1) is 0 Å². The van der Waals surface area contributed by atoms with Crippen LogP contribution in [0.3, 0.4) is 0 Å². The van der Waals surface area contributed by atoms with Crippen molar-refractivity contribution in [3.8, 4) is 0 Å². The standard InChI is InChI=1S/C11H11BrN4O2/c12-6-3-8-10(13-4-6)15-11(18)16(8)5-9(17)14-7-1-2-7/h3-4,7H,1-2,5H2,(H,14,17)(H,13,15,18). The fraction of sp³-hybridized carbons (Fsp3) is 0.364. The molecule has 1 saturated carbocycles. The molecule has 0 spiro atoms. The van der Waals surface area contributed by atoms with Gasteiger partial charge in [0.2, 0.25) is 5.91 Å². The summed E-state index contributed by atoms with van der Waals surface area (Å²) in [6.07, 6.45) is 3.66.